The van der Waals surface area contributed by atoms with Crippen LogP contribution in [-0.4, -0.2) is 43.1 Å². The van der Waals surface area contributed by atoms with Gasteiger partial charge in [0.25, 0.3) is 5.91 Å². The van der Waals surface area contributed by atoms with E-state index in [0.717, 1.165) is 25.4 Å². The topological polar surface area (TPSA) is 41.6 Å². The maximum Gasteiger partial charge on any atom is 0.254 e. The first kappa shape index (κ1) is 13.6. The number of rotatable bonds is 4. The molecule has 1 N–H and O–H groups in total. The average Bonchev–Trinajstić information content (AvgIpc) is 2.45. The zero-order valence-corrected chi connectivity index (χ0v) is 11.3. The largest absolute Gasteiger partial charge is 0.490 e. The van der Waals surface area contributed by atoms with Crippen LogP contribution < -0.4 is 10.1 Å². The van der Waals surface area contributed by atoms with E-state index >= 15 is 0 Å². The minimum absolute atomic E-state index is 0.0873. The third kappa shape index (κ3) is 3.35. The first-order chi connectivity index (χ1) is 9.22. The molecule has 2 rings (SSSR count). The third-order valence-electron chi connectivity index (χ3n) is 3.23. The van der Waals surface area contributed by atoms with E-state index in [1.54, 1.807) is 6.08 Å². The number of benzene rings is 1. The van der Waals surface area contributed by atoms with Gasteiger partial charge in [-0.15, -0.1) is 0 Å². The van der Waals surface area contributed by atoms with Crippen molar-refractivity contribution in [2.75, 3.05) is 26.2 Å². The molecule has 19 heavy (non-hydrogen) atoms. The summed E-state index contributed by atoms with van der Waals surface area (Å²) >= 11 is 0. The van der Waals surface area contributed by atoms with Gasteiger partial charge < -0.3 is 15.0 Å². The van der Waals surface area contributed by atoms with Crippen LogP contribution in [0.1, 0.15) is 17.3 Å². The molecule has 102 valence electrons. The van der Waals surface area contributed by atoms with Crippen molar-refractivity contribution in [2.45, 2.75) is 13.0 Å². The van der Waals surface area contributed by atoms with Gasteiger partial charge in [0.05, 0.1) is 0 Å². The Labute approximate surface area is 114 Å². The summed E-state index contributed by atoms with van der Waals surface area (Å²) < 4.78 is 5.40. The molecule has 1 saturated heterocycles. The molecule has 1 aromatic rings. The number of amides is 1. The summed E-state index contributed by atoms with van der Waals surface area (Å²) in [6, 6.07) is 7.51. The molecule has 1 amide bonds. The number of ether oxygens (including phenoxy) is 1. The summed E-state index contributed by atoms with van der Waals surface area (Å²) in [4.78, 5) is 14.3. The van der Waals surface area contributed by atoms with E-state index in [4.69, 9.17) is 4.74 Å². The minimum Gasteiger partial charge on any atom is -0.490 e. The molecule has 1 aromatic carbocycles. The molecule has 0 bridgehead atoms. The van der Waals surface area contributed by atoms with Crippen molar-refractivity contribution in [3.63, 3.8) is 0 Å². The number of nitrogens with one attached hydrogen (secondary N) is 1. The van der Waals surface area contributed by atoms with Crippen LogP contribution in [0.2, 0.25) is 0 Å². The fourth-order valence-corrected chi connectivity index (χ4v) is 2.16. The molecule has 4 nitrogen and oxygen atoms in total. The lowest BCUT2D eigenvalue weighted by Crippen LogP contribution is -2.52. The summed E-state index contributed by atoms with van der Waals surface area (Å²) in [5.74, 6) is 0.842. The number of carbonyl (C=O) groups excluding carboxylic acids is 1. The lowest BCUT2D eigenvalue weighted by Gasteiger charge is -2.34. The van der Waals surface area contributed by atoms with Gasteiger partial charge in [-0.2, -0.15) is 0 Å². The smallest absolute Gasteiger partial charge is 0.254 e. The summed E-state index contributed by atoms with van der Waals surface area (Å²) in [7, 11) is 0. The monoisotopic (exact) mass is 260 g/mol. The number of hydrogen-bond acceptors (Lipinski definition) is 3. The highest BCUT2D eigenvalue weighted by Crippen LogP contribution is 2.15. The Morgan fingerprint density at radius 3 is 2.89 bits per heavy atom. The van der Waals surface area contributed by atoms with Gasteiger partial charge in [0.1, 0.15) is 12.4 Å². The second-order valence-corrected chi connectivity index (χ2v) is 4.68. The Kier molecular flexibility index (Phi) is 4.58. The van der Waals surface area contributed by atoms with Gasteiger partial charge in [-0.05, 0) is 31.2 Å². The second-order valence-electron chi connectivity index (χ2n) is 4.68. The number of carbonyl (C=O) groups is 1. The fourth-order valence-electron chi connectivity index (χ4n) is 2.16. The van der Waals surface area contributed by atoms with Gasteiger partial charge in [-0.1, -0.05) is 12.7 Å². The predicted molar refractivity (Wildman–Crippen MR) is 75.5 cm³/mol. The lowest BCUT2D eigenvalue weighted by atomic mass is 10.1. The summed E-state index contributed by atoms with van der Waals surface area (Å²) in [6.45, 7) is 8.60. The Bertz CT molecular complexity index is 442. The van der Waals surface area contributed by atoms with Crippen LogP contribution >= 0.6 is 0 Å². The van der Waals surface area contributed by atoms with E-state index in [-0.39, 0.29) is 11.9 Å². The molecule has 0 unspecified atom stereocenters. The molecule has 0 aliphatic carbocycles. The highest BCUT2D eigenvalue weighted by molar-refractivity contribution is 5.94. The zero-order valence-electron chi connectivity index (χ0n) is 11.3. The Balaban J connectivity index is 2.04. The van der Waals surface area contributed by atoms with Gasteiger partial charge >= 0.3 is 0 Å². The summed E-state index contributed by atoms with van der Waals surface area (Å²) in [5, 5.41) is 3.28. The van der Waals surface area contributed by atoms with Crippen LogP contribution in [0.3, 0.4) is 0 Å². The lowest BCUT2D eigenvalue weighted by molar-refractivity contribution is 0.0656. The third-order valence-corrected chi connectivity index (χ3v) is 3.23. The van der Waals surface area contributed by atoms with Crippen molar-refractivity contribution in [3.8, 4) is 5.75 Å². The van der Waals surface area contributed by atoms with Gasteiger partial charge in [0.2, 0.25) is 0 Å². The van der Waals surface area contributed by atoms with Crippen molar-refractivity contribution in [3.05, 3.63) is 42.5 Å². The zero-order chi connectivity index (χ0) is 13.7. The van der Waals surface area contributed by atoms with Crippen LogP contribution in [0.5, 0.6) is 5.75 Å². The van der Waals surface area contributed by atoms with Crippen LogP contribution in [0.4, 0.5) is 0 Å². The van der Waals surface area contributed by atoms with E-state index < -0.39 is 0 Å². The molecule has 0 spiro atoms. The van der Waals surface area contributed by atoms with Crippen molar-refractivity contribution in [1.29, 1.82) is 0 Å². The van der Waals surface area contributed by atoms with Gasteiger partial charge in [0.15, 0.2) is 0 Å². The van der Waals surface area contributed by atoms with Crippen molar-refractivity contribution >= 4 is 5.91 Å². The van der Waals surface area contributed by atoms with Crippen LogP contribution in [0.15, 0.2) is 36.9 Å². The van der Waals surface area contributed by atoms with Crippen molar-refractivity contribution < 1.29 is 9.53 Å². The molecule has 4 heteroatoms. The van der Waals surface area contributed by atoms with Crippen LogP contribution in [-0.2, 0) is 0 Å². The first-order valence-electron chi connectivity index (χ1n) is 6.58. The summed E-state index contributed by atoms with van der Waals surface area (Å²) in [6.07, 6.45) is 1.70. The first-order valence-corrected chi connectivity index (χ1v) is 6.58. The normalized spacial score (nSPS) is 19.0. The molecule has 1 aliphatic heterocycles. The molecular formula is C15H20N2O2. The quantitative estimate of drug-likeness (QED) is 0.838. The Morgan fingerprint density at radius 2 is 2.26 bits per heavy atom. The van der Waals surface area contributed by atoms with E-state index in [0.29, 0.717) is 12.2 Å². The Hall–Kier alpha value is -1.81. The predicted octanol–water partition coefficient (Wildman–Crippen LogP) is 1.69. The number of nitrogens with zero attached hydrogens (tertiary/aromatic N) is 1. The van der Waals surface area contributed by atoms with E-state index in [2.05, 4.69) is 18.8 Å². The molecule has 0 saturated carbocycles. The Morgan fingerprint density at radius 1 is 1.53 bits per heavy atom. The van der Waals surface area contributed by atoms with Gasteiger partial charge in [-0.3, -0.25) is 4.79 Å². The minimum atomic E-state index is 0.0873. The van der Waals surface area contributed by atoms with E-state index in [1.807, 2.05) is 29.2 Å². The molecule has 1 heterocycles. The van der Waals surface area contributed by atoms with Gasteiger partial charge in [-0.25, -0.2) is 0 Å². The average molecular weight is 260 g/mol. The standard InChI is InChI=1S/C15H20N2O2/c1-3-10-19-14-6-4-13(5-7-14)15(18)17-9-8-16-11-12(17)2/h3-7,12,16H,1,8-11H2,2H3/t12-/m0/s1. The number of hydrogen-bond donors (Lipinski definition) is 1. The molecule has 0 radical (unpaired) electrons. The van der Waals surface area contributed by atoms with Crippen molar-refractivity contribution in [2.24, 2.45) is 0 Å². The highest BCUT2D eigenvalue weighted by Gasteiger charge is 2.23. The maximum atomic E-state index is 12.4. The van der Waals surface area contributed by atoms with E-state index in [1.165, 1.54) is 0 Å². The van der Waals surface area contributed by atoms with E-state index in [9.17, 15) is 4.79 Å². The summed E-state index contributed by atoms with van der Waals surface area (Å²) in [5.41, 5.74) is 0.708. The SMILES string of the molecule is C=CCOc1ccc(C(=O)N2CCNC[C@@H]2C)cc1. The molecule has 1 fully saturated rings. The molecule has 0 aromatic heterocycles. The van der Waals surface area contributed by atoms with Crippen molar-refractivity contribution in [1.82, 2.24) is 10.2 Å². The molecular weight excluding hydrogens is 240 g/mol. The fraction of sp³-hybridized carbons (Fsp3) is 0.400. The van der Waals surface area contributed by atoms with Crippen LogP contribution in [0, 0.1) is 0 Å². The number of piperazine rings is 1. The second kappa shape index (κ2) is 6.38. The highest BCUT2D eigenvalue weighted by atomic mass is 16.5. The maximum absolute atomic E-state index is 12.4. The van der Waals surface area contributed by atoms with Crippen LogP contribution in [0.25, 0.3) is 0 Å². The molecule has 1 atom stereocenters. The molecule has 1 aliphatic rings. The van der Waals surface area contributed by atoms with Gasteiger partial charge in [0, 0.05) is 31.2 Å².